The smallest absolute Gasteiger partial charge is 0.159 e. The summed E-state index contributed by atoms with van der Waals surface area (Å²) in [6, 6.07) is 5.42. The first kappa shape index (κ1) is 15.2. The second-order valence-electron chi connectivity index (χ2n) is 3.66. The number of nitrogens with zero attached hydrogens (tertiary/aromatic N) is 1. The van der Waals surface area contributed by atoms with E-state index in [0.29, 0.717) is 33.8 Å². The largest absolute Gasteiger partial charge is 0.486 e. The highest BCUT2D eigenvalue weighted by Gasteiger charge is 2.12. The second-order valence-corrected chi connectivity index (χ2v) is 5.99. The van der Waals surface area contributed by atoms with Gasteiger partial charge in [-0.2, -0.15) is 12.6 Å². The molecule has 2 nitrogen and oxygen atoms in total. The minimum Gasteiger partial charge on any atom is -0.486 e. The normalized spacial score (nSPS) is 11.4. The number of thiol groups is 1. The highest BCUT2D eigenvalue weighted by atomic mass is 127. The van der Waals surface area contributed by atoms with Crippen molar-refractivity contribution in [2.24, 2.45) is 0 Å². The summed E-state index contributed by atoms with van der Waals surface area (Å²) < 4.78 is 6.66. The molecular formula is C13H10Cl2INOS. The number of hydrogen-bond acceptors (Lipinski definition) is 3. The van der Waals surface area contributed by atoms with Gasteiger partial charge >= 0.3 is 0 Å². The lowest BCUT2D eigenvalue weighted by molar-refractivity contribution is 0.364. The third kappa shape index (κ3) is 3.68. The molecule has 6 heteroatoms. The molecular weight excluding hydrogens is 416 g/mol. The van der Waals surface area contributed by atoms with Gasteiger partial charge in [-0.1, -0.05) is 35.4 Å². The maximum atomic E-state index is 6.20. The number of ether oxygens (including phenoxy) is 1. The zero-order chi connectivity index (χ0) is 13.8. The lowest BCUT2D eigenvalue weighted by Gasteiger charge is -2.11. The second kappa shape index (κ2) is 7.02. The van der Waals surface area contributed by atoms with E-state index in [1.54, 1.807) is 6.07 Å². The summed E-state index contributed by atoms with van der Waals surface area (Å²) in [4.78, 5) is 4.31. The summed E-state index contributed by atoms with van der Waals surface area (Å²) in [6.07, 6.45) is 3.84. The Morgan fingerprint density at radius 1 is 1.32 bits per heavy atom. The lowest BCUT2D eigenvalue weighted by atomic mass is 10.2. The summed E-state index contributed by atoms with van der Waals surface area (Å²) in [6.45, 7) is 0.460. The van der Waals surface area contributed by atoms with Crippen LogP contribution in [0.25, 0.3) is 10.9 Å². The fourth-order valence-corrected chi connectivity index (χ4v) is 3.04. The number of halogens is 3. The molecule has 0 spiro atoms. The maximum absolute atomic E-state index is 6.20. The molecule has 1 aromatic heterocycles. The summed E-state index contributed by atoms with van der Waals surface area (Å²) in [5.74, 6) is 1.39. The van der Waals surface area contributed by atoms with Gasteiger partial charge in [0.2, 0.25) is 0 Å². The predicted molar refractivity (Wildman–Crippen MR) is 93.0 cm³/mol. The van der Waals surface area contributed by atoms with Crippen molar-refractivity contribution in [3.05, 3.63) is 44.1 Å². The number of rotatable bonds is 4. The van der Waals surface area contributed by atoms with Gasteiger partial charge in [0, 0.05) is 11.1 Å². The van der Waals surface area contributed by atoms with Crippen LogP contribution in [0.2, 0.25) is 10.2 Å². The number of hydrogen-bond donors (Lipinski definition) is 1. The molecule has 0 saturated carbocycles. The van der Waals surface area contributed by atoms with Gasteiger partial charge in [0.25, 0.3) is 0 Å². The minimum absolute atomic E-state index is 0.418. The van der Waals surface area contributed by atoms with Gasteiger partial charge in [-0.15, -0.1) is 0 Å². The van der Waals surface area contributed by atoms with Crippen LogP contribution >= 0.6 is 58.4 Å². The Bertz CT molecular complexity index is 634. The SMILES string of the molecule is SC/C=C/COc1c(I)cc(Cl)c2ccc(Cl)nc12. The van der Waals surface area contributed by atoms with Gasteiger partial charge in [0.1, 0.15) is 17.3 Å². The number of aromatic nitrogens is 1. The van der Waals surface area contributed by atoms with Gasteiger partial charge in [-0.05, 0) is 40.8 Å². The van der Waals surface area contributed by atoms with E-state index in [9.17, 15) is 0 Å². The molecule has 0 amide bonds. The molecule has 0 fully saturated rings. The average molecular weight is 426 g/mol. The van der Waals surface area contributed by atoms with Crippen molar-refractivity contribution in [3.8, 4) is 5.75 Å². The maximum Gasteiger partial charge on any atom is 0.159 e. The van der Waals surface area contributed by atoms with Crippen LogP contribution in [0, 0.1) is 3.57 Å². The summed E-state index contributed by atoms with van der Waals surface area (Å²) in [7, 11) is 0. The van der Waals surface area contributed by atoms with Crippen LogP contribution in [0.3, 0.4) is 0 Å². The molecule has 0 aliphatic carbocycles. The first-order valence-corrected chi connectivity index (χ1v) is 7.93. The topological polar surface area (TPSA) is 22.1 Å². The third-order valence-electron chi connectivity index (χ3n) is 2.40. The first-order valence-electron chi connectivity index (χ1n) is 5.46. The quantitative estimate of drug-likeness (QED) is 0.322. The van der Waals surface area contributed by atoms with Gasteiger partial charge in [0.15, 0.2) is 5.75 Å². The Hall–Kier alpha value is -0.170. The van der Waals surface area contributed by atoms with Crippen LogP contribution in [0.15, 0.2) is 30.4 Å². The van der Waals surface area contributed by atoms with E-state index < -0.39 is 0 Å². The van der Waals surface area contributed by atoms with E-state index >= 15 is 0 Å². The van der Waals surface area contributed by atoms with Gasteiger partial charge in [0.05, 0.1) is 8.59 Å². The van der Waals surface area contributed by atoms with Gasteiger partial charge in [-0.3, -0.25) is 0 Å². The molecule has 0 unspecified atom stereocenters. The van der Waals surface area contributed by atoms with E-state index in [0.717, 1.165) is 8.96 Å². The lowest BCUT2D eigenvalue weighted by Crippen LogP contribution is -1.98. The summed E-state index contributed by atoms with van der Waals surface area (Å²) >= 11 is 18.4. The molecule has 2 rings (SSSR count). The fraction of sp³-hybridized carbons (Fsp3) is 0.154. The Labute approximate surface area is 140 Å². The van der Waals surface area contributed by atoms with Crippen LogP contribution in [0.1, 0.15) is 0 Å². The van der Waals surface area contributed by atoms with Crippen molar-refractivity contribution in [2.75, 3.05) is 12.4 Å². The van der Waals surface area contributed by atoms with Crippen LogP contribution < -0.4 is 4.74 Å². The molecule has 2 aromatic rings. The molecule has 100 valence electrons. The number of pyridine rings is 1. The molecule has 0 bridgehead atoms. The highest BCUT2D eigenvalue weighted by Crippen LogP contribution is 2.35. The zero-order valence-electron chi connectivity index (χ0n) is 9.74. The monoisotopic (exact) mass is 425 g/mol. The molecule has 0 radical (unpaired) electrons. The van der Waals surface area contributed by atoms with E-state index in [4.69, 9.17) is 27.9 Å². The Morgan fingerprint density at radius 3 is 2.84 bits per heavy atom. The molecule has 0 N–H and O–H groups in total. The van der Waals surface area contributed by atoms with Crippen molar-refractivity contribution >= 4 is 69.3 Å². The van der Waals surface area contributed by atoms with Crippen molar-refractivity contribution in [2.45, 2.75) is 0 Å². The third-order valence-corrected chi connectivity index (χ3v) is 3.94. The highest BCUT2D eigenvalue weighted by molar-refractivity contribution is 14.1. The minimum atomic E-state index is 0.418. The van der Waals surface area contributed by atoms with Crippen LogP contribution in [-0.2, 0) is 0 Å². The Kier molecular flexibility index (Phi) is 5.62. The van der Waals surface area contributed by atoms with Crippen molar-refractivity contribution in [1.82, 2.24) is 4.98 Å². The Morgan fingerprint density at radius 2 is 2.11 bits per heavy atom. The van der Waals surface area contributed by atoms with Crippen molar-refractivity contribution < 1.29 is 4.74 Å². The molecule has 0 aliphatic heterocycles. The summed E-state index contributed by atoms with van der Waals surface area (Å²) in [5.41, 5.74) is 0.684. The van der Waals surface area contributed by atoms with Crippen LogP contribution in [-0.4, -0.2) is 17.3 Å². The van der Waals surface area contributed by atoms with Gasteiger partial charge < -0.3 is 4.74 Å². The van der Waals surface area contributed by atoms with E-state index in [-0.39, 0.29) is 0 Å². The standard InChI is InChI=1S/C13H10Cl2INOS/c14-9-7-10(16)13(18-5-1-2-6-19)12-8(9)3-4-11(15)17-12/h1-4,7,19H,5-6H2/b2-1+. The van der Waals surface area contributed by atoms with Crippen LogP contribution in [0.4, 0.5) is 0 Å². The Balaban J connectivity index is 2.46. The number of benzene rings is 1. The van der Waals surface area contributed by atoms with Crippen LogP contribution in [0.5, 0.6) is 5.75 Å². The molecule has 0 atom stereocenters. The number of fused-ring (bicyclic) bond motifs is 1. The average Bonchev–Trinajstić information content (AvgIpc) is 2.37. The predicted octanol–water partition coefficient (Wildman–Crippen LogP) is 5.01. The summed E-state index contributed by atoms with van der Waals surface area (Å²) in [5, 5.41) is 1.89. The molecule has 0 saturated heterocycles. The zero-order valence-corrected chi connectivity index (χ0v) is 14.3. The molecule has 19 heavy (non-hydrogen) atoms. The molecule has 1 heterocycles. The van der Waals surface area contributed by atoms with E-state index in [1.807, 2.05) is 24.3 Å². The molecule has 1 aromatic carbocycles. The fourth-order valence-electron chi connectivity index (χ4n) is 1.58. The first-order chi connectivity index (χ1) is 9.13. The molecule has 0 aliphatic rings. The van der Waals surface area contributed by atoms with E-state index in [1.165, 1.54) is 0 Å². The van der Waals surface area contributed by atoms with E-state index in [2.05, 4.69) is 40.2 Å². The van der Waals surface area contributed by atoms with Crippen molar-refractivity contribution in [1.29, 1.82) is 0 Å². The van der Waals surface area contributed by atoms with Crippen molar-refractivity contribution in [3.63, 3.8) is 0 Å². The van der Waals surface area contributed by atoms with Gasteiger partial charge in [-0.25, -0.2) is 4.98 Å².